The summed E-state index contributed by atoms with van der Waals surface area (Å²) in [6.45, 7) is 9.54. The van der Waals surface area contributed by atoms with Gasteiger partial charge in [0.2, 0.25) is 5.90 Å². The number of carbonyl (C=O) groups is 1. The van der Waals surface area contributed by atoms with E-state index in [-0.39, 0.29) is 25.0 Å². The topological polar surface area (TPSA) is 101 Å². The third-order valence-corrected chi connectivity index (χ3v) is 6.29. The molecule has 0 unspecified atom stereocenters. The van der Waals surface area contributed by atoms with E-state index in [1.54, 1.807) is 6.08 Å². The van der Waals surface area contributed by atoms with Crippen molar-refractivity contribution in [3.05, 3.63) is 76.8 Å². The van der Waals surface area contributed by atoms with Gasteiger partial charge in [0.25, 0.3) is 5.91 Å². The van der Waals surface area contributed by atoms with Gasteiger partial charge in [0, 0.05) is 42.6 Å². The normalized spacial score (nSPS) is 18.8. The Balaban J connectivity index is 1.83. The molecule has 3 N–H and O–H groups in total. The maximum Gasteiger partial charge on any atom is 0.266 e. The molecule has 0 saturated carbocycles. The fourth-order valence-electron chi connectivity index (χ4n) is 3.90. The highest BCUT2D eigenvalue weighted by atomic mass is 79.9. The molecule has 0 spiro atoms. The number of aliphatic hydroxyl groups excluding tert-OH is 1. The molecule has 1 aliphatic heterocycles. The van der Waals surface area contributed by atoms with E-state index in [0.717, 1.165) is 22.0 Å². The number of aliphatic imine (C=N–C) groups is 1. The molecule has 2 aromatic rings. The molecule has 0 fully saturated rings. The maximum atomic E-state index is 13.6. The lowest BCUT2D eigenvalue weighted by atomic mass is 9.84. The van der Waals surface area contributed by atoms with Crippen LogP contribution in [0.2, 0.25) is 0 Å². The van der Waals surface area contributed by atoms with Crippen LogP contribution in [0.15, 0.2) is 70.7 Å². The summed E-state index contributed by atoms with van der Waals surface area (Å²) in [5.74, 6) is 0.752. The first kappa shape index (κ1) is 28.8. The molecule has 1 aliphatic rings. The first-order valence-electron chi connectivity index (χ1n) is 12.5. The van der Waals surface area contributed by atoms with Crippen molar-refractivity contribution in [1.29, 1.82) is 0 Å². The van der Waals surface area contributed by atoms with Crippen molar-refractivity contribution in [1.82, 2.24) is 10.9 Å². The number of hydrogen-bond donors (Lipinski definition) is 3. The van der Waals surface area contributed by atoms with Crippen LogP contribution >= 0.6 is 15.9 Å². The summed E-state index contributed by atoms with van der Waals surface area (Å²) in [6.07, 6.45) is 2.80. The van der Waals surface area contributed by atoms with Crippen LogP contribution in [0.3, 0.4) is 0 Å². The van der Waals surface area contributed by atoms with Crippen LogP contribution < -0.4 is 15.6 Å². The van der Waals surface area contributed by atoms with Crippen molar-refractivity contribution in [3.63, 3.8) is 0 Å². The Kier molecular flexibility index (Phi) is 11.1. The van der Waals surface area contributed by atoms with Crippen LogP contribution in [0.5, 0.6) is 5.75 Å². The third kappa shape index (κ3) is 7.88. The molecule has 3 rings (SSSR count). The van der Waals surface area contributed by atoms with Gasteiger partial charge in [0.05, 0.1) is 12.7 Å². The van der Waals surface area contributed by atoms with Crippen LogP contribution in [0.25, 0.3) is 0 Å². The van der Waals surface area contributed by atoms with Gasteiger partial charge in [-0.1, -0.05) is 34.1 Å². The van der Waals surface area contributed by atoms with Crippen LogP contribution in [0, 0.1) is 0 Å². The number of aliphatic hydroxyl groups is 1. The van der Waals surface area contributed by atoms with E-state index < -0.39 is 11.6 Å². The lowest BCUT2D eigenvalue weighted by Gasteiger charge is -2.29. The van der Waals surface area contributed by atoms with Gasteiger partial charge in [0.15, 0.2) is 11.6 Å². The minimum Gasteiger partial charge on any atom is -0.494 e. The number of amides is 1. The molecule has 0 bridgehead atoms. The Labute approximate surface area is 227 Å². The van der Waals surface area contributed by atoms with Crippen molar-refractivity contribution in [3.8, 4) is 5.75 Å². The highest BCUT2D eigenvalue weighted by molar-refractivity contribution is 9.10. The summed E-state index contributed by atoms with van der Waals surface area (Å²) >= 11 is 3.47. The van der Waals surface area contributed by atoms with E-state index in [4.69, 9.17) is 24.3 Å². The van der Waals surface area contributed by atoms with Crippen molar-refractivity contribution in [2.24, 2.45) is 4.99 Å². The van der Waals surface area contributed by atoms with Gasteiger partial charge >= 0.3 is 0 Å². The fourth-order valence-corrected chi connectivity index (χ4v) is 4.17. The number of rotatable bonds is 15. The van der Waals surface area contributed by atoms with Crippen molar-refractivity contribution >= 4 is 27.7 Å². The Morgan fingerprint density at radius 1 is 1.19 bits per heavy atom. The molecule has 0 aliphatic carbocycles. The average molecular weight is 575 g/mol. The Hall–Kier alpha value is -2.72. The second kappa shape index (κ2) is 14.3. The number of carbonyl (C=O) groups excluding carboxylic acids is 1. The molecule has 37 heavy (non-hydrogen) atoms. The molecule has 0 aromatic heterocycles. The largest absolute Gasteiger partial charge is 0.494 e. The summed E-state index contributed by atoms with van der Waals surface area (Å²) < 4.78 is 18.5. The first-order chi connectivity index (χ1) is 17.9. The molecule has 0 radical (unpaired) electrons. The average Bonchev–Trinajstić information content (AvgIpc) is 3.27. The monoisotopic (exact) mass is 573 g/mol. The Morgan fingerprint density at radius 3 is 2.57 bits per heavy atom. The molecule has 1 amide bonds. The van der Waals surface area contributed by atoms with E-state index in [1.165, 1.54) is 0 Å². The summed E-state index contributed by atoms with van der Waals surface area (Å²) in [4.78, 5) is 18.5. The van der Waals surface area contributed by atoms with Gasteiger partial charge in [0.1, 0.15) is 5.75 Å². The molecular weight excluding hydrogens is 538 g/mol. The number of nitrogens with zero attached hydrogens (tertiary/aromatic N) is 1. The molecule has 200 valence electrons. The Morgan fingerprint density at radius 2 is 1.92 bits per heavy atom. The van der Waals surface area contributed by atoms with Gasteiger partial charge in [-0.3, -0.25) is 10.2 Å². The summed E-state index contributed by atoms with van der Waals surface area (Å²) in [7, 11) is 0. The zero-order valence-corrected chi connectivity index (χ0v) is 23.0. The van der Waals surface area contributed by atoms with Crippen molar-refractivity contribution < 1.29 is 24.1 Å². The van der Waals surface area contributed by atoms with E-state index in [9.17, 15) is 4.79 Å². The van der Waals surface area contributed by atoms with E-state index in [2.05, 4.69) is 33.4 Å². The standard InChI is InChI=1S/C28H36BrN3O5/c1-4-15-28(27(34)32-30-16-5-18-35-20(2)3)25(21-7-11-23(29)12-8-21)37-26(31-28)22-9-13-24(14-10-22)36-19-6-17-33/h4,7-14,20,25,30,33H,1,5-6,15-19H2,2-3H3,(H,32,34)/t25-,28-/m0/s1. The fraction of sp³-hybridized carbons (Fsp3) is 0.429. The lowest BCUT2D eigenvalue weighted by molar-refractivity contribution is -0.129. The van der Waals surface area contributed by atoms with Crippen LogP contribution in [-0.2, 0) is 14.3 Å². The van der Waals surface area contributed by atoms with E-state index >= 15 is 0 Å². The predicted octanol–water partition coefficient (Wildman–Crippen LogP) is 4.48. The van der Waals surface area contributed by atoms with Crippen LogP contribution in [-0.4, -0.2) is 54.9 Å². The number of ether oxygens (including phenoxy) is 3. The second-order valence-corrected chi connectivity index (χ2v) is 9.90. The molecule has 2 atom stereocenters. The minimum atomic E-state index is -1.25. The highest BCUT2D eigenvalue weighted by Gasteiger charge is 2.52. The number of hydrogen-bond acceptors (Lipinski definition) is 7. The number of benzene rings is 2. The number of halogens is 1. The zero-order valence-electron chi connectivity index (χ0n) is 21.4. The van der Waals surface area contributed by atoms with Gasteiger partial charge in [-0.25, -0.2) is 10.4 Å². The van der Waals surface area contributed by atoms with Gasteiger partial charge < -0.3 is 19.3 Å². The predicted molar refractivity (Wildman–Crippen MR) is 148 cm³/mol. The Bertz CT molecular complexity index is 1040. The lowest BCUT2D eigenvalue weighted by Crippen LogP contribution is -2.52. The first-order valence-corrected chi connectivity index (χ1v) is 13.3. The van der Waals surface area contributed by atoms with Gasteiger partial charge in [-0.05, 0) is 62.2 Å². The smallest absolute Gasteiger partial charge is 0.266 e. The number of hydrazine groups is 1. The molecular formula is C28H36BrN3O5. The third-order valence-electron chi connectivity index (χ3n) is 5.76. The molecule has 0 saturated heterocycles. The number of nitrogens with one attached hydrogen (secondary N) is 2. The second-order valence-electron chi connectivity index (χ2n) is 8.99. The maximum absolute atomic E-state index is 13.6. The van der Waals surface area contributed by atoms with Crippen LogP contribution in [0.1, 0.15) is 50.3 Å². The van der Waals surface area contributed by atoms with Crippen molar-refractivity contribution in [2.75, 3.05) is 26.4 Å². The molecule has 9 heteroatoms. The molecule has 2 aromatic carbocycles. The van der Waals surface area contributed by atoms with Gasteiger partial charge in [-0.2, -0.15) is 0 Å². The van der Waals surface area contributed by atoms with E-state index in [1.807, 2.05) is 62.4 Å². The van der Waals surface area contributed by atoms with Crippen molar-refractivity contribution in [2.45, 2.75) is 50.9 Å². The van der Waals surface area contributed by atoms with Crippen LogP contribution in [0.4, 0.5) is 0 Å². The highest BCUT2D eigenvalue weighted by Crippen LogP contribution is 2.42. The van der Waals surface area contributed by atoms with Gasteiger partial charge in [-0.15, -0.1) is 6.58 Å². The summed E-state index contributed by atoms with van der Waals surface area (Å²) in [5.41, 5.74) is 6.15. The SMILES string of the molecule is C=CC[C@]1(C(=O)NNCCCOC(C)C)N=C(c2ccc(OCCCO)cc2)O[C@H]1c1ccc(Br)cc1. The van der Waals surface area contributed by atoms with E-state index in [0.29, 0.717) is 37.8 Å². The quantitative estimate of drug-likeness (QED) is 0.165. The minimum absolute atomic E-state index is 0.0776. The summed E-state index contributed by atoms with van der Waals surface area (Å²) in [5, 5.41) is 8.95. The summed E-state index contributed by atoms with van der Waals surface area (Å²) in [6, 6.07) is 15.0. The zero-order chi connectivity index (χ0) is 26.7. The molecule has 1 heterocycles. The molecule has 8 nitrogen and oxygen atoms in total.